The third-order valence-corrected chi connectivity index (χ3v) is 5.35. The lowest BCUT2D eigenvalue weighted by atomic mass is 9.99. The Kier molecular flexibility index (Phi) is 4.79. The van der Waals surface area contributed by atoms with Crippen LogP contribution >= 0.6 is 11.8 Å². The molecule has 1 unspecified atom stereocenters. The van der Waals surface area contributed by atoms with Gasteiger partial charge in [0.2, 0.25) is 0 Å². The number of rotatable bonds is 4. The molecule has 0 bridgehead atoms. The van der Waals surface area contributed by atoms with Crippen molar-refractivity contribution in [1.29, 1.82) is 0 Å². The van der Waals surface area contributed by atoms with E-state index in [9.17, 15) is 5.11 Å². The third kappa shape index (κ3) is 4.46. The van der Waals surface area contributed by atoms with Crippen LogP contribution in [0.1, 0.15) is 46.0 Å². The van der Waals surface area contributed by atoms with E-state index in [1.165, 1.54) is 31.4 Å². The van der Waals surface area contributed by atoms with E-state index in [4.69, 9.17) is 0 Å². The van der Waals surface area contributed by atoms with Crippen LogP contribution in [0.2, 0.25) is 0 Å². The van der Waals surface area contributed by atoms with Crippen molar-refractivity contribution >= 4 is 11.8 Å². The molecule has 100 valence electrons. The predicted octanol–water partition coefficient (Wildman–Crippen LogP) is 2.76. The number of thioether (sulfide) groups is 1. The molecule has 0 aromatic rings. The summed E-state index contributed by atoms with van der Waals surface area (Å²) in [6.07, 6.45) is 6.38. The van der Waals surface area contributed by atoms with Gasteiger partial charge in [-0.3, -0.25) is 4.90 Å². The lowest BCUT2D eigenvalue weighted by molar-refractivity contribution is 0.0890. The predicted molar refractivity (Wildman–Crippen MR) is 75.6 cm³/mol. The fourth-order valence-electron chi connectivity index (χ4n) is 3.27. The molecule has 2 fully saturated rings. The Morgan fingerprint density at radius 2 is 2.06 bits per heavy atom. The van der Waals surface area contributed by atoms with Gasteiger partial charge in [0, 0.05) is 30.1 Å². The Hall–Kier alpha value is 0.270. The quantitative estimate of drug-likeness (QED) is 0.838. The van der Waals surface area contributed by atoms with E-state index in [2.05, 4.69) is 30.5 Å². The molecular weight excluding hydrogens is 230 g/mol. The molecule has 3 heteroatoms. The fourth-order valence-corrected chi connectivity index (χ4v) is 4.45. The normalized spacial score (nSPS) is 28.4. The van der Waals surface area contributed by atoms with Crippen molar-refractivity contribution in [2.24, 2.45) is 5.92 Å². The average Bonchev–Trinajstić information content (AvgIpc) is 2.68. The number of nitrogens with zero attached hydrogens (tertiary/aromatic N) is 1. The minimum absolute atomic E-state index is 0.100. The van der Waals surface area contributed by atoms with Gasteiger partial charge in [-0.25, -0.2) is 0 Å². The number of β-amino-alcohol motifs (C(OH)–C–C–N with tert-alkyl or cyclic N) is 1. The van der Waals surface area contributed by atoms with Crippen molar-refractivity contribution in [2.45, 2.75) is 56.8 Å². The second-order valence-corrected chi connectivity index (χ2v) is 8.19. The Labute approximate surface area is 110 Å². The van der Waals surface area contributed by atoms with Gasteiger partial charge in [0.15, 0.2) is 0 Å². The van der Waals surface area contributed by atoms with Crippen LogP contribution in [0, 0.1) is 5.92 Å². The summed E-state index contributed by atoms with van der Waals surface area (Å²) >= 11 is 2.06. The van der Waals surface area contributed by atoms with Crippen LogP contribution in [0.3, 0.4) is 0 Å². The maximum atomic E-state index is 10.2. The molecule has 1 saturated carbocycles. The first kappa shape index (κ1) is 13.7. The molecule has 1 atom stereocenters. The van der Waals surface area contributed by atoms with Crippen molar-refractivity contribution in [3.05, 3.63) is 0 Å². The van der Waals surface area contributed by atoms with Gasteiger partial charge in [-0.1, -0.05) is 25.7 Å². The SMILES string of the molecule is CC1(C)CN(CC(O)CC2CCCC2)CCS1. The van der Waals surface area contributed by atoms with E-state index < -0.39 is 0 Å². The van der Waals surface area contributed by atoms with Gasteiger partial charge in [-0.15, -0.1) is 0 Å². The zero-order valence-corrected chi connectivity index (χ0v) is 12.1. The van der Waals surface area contributed by atoms with Crippen LogP contribution in [0.15, 0.2) is 0 Å². The zero-order valence-electron chi connectivity index (χ0n) is 11.3. The van der Waals surface area contributed by atoms with E-state index in [0.717, 1.165) is 32.0 Å². The van der Waals surface area contributed by atoms with Crippen molar-refractivity contribution in [2.75, 3.05) is 25.4 Å². The highest BCUT2D eigenvalue weighted by atomic mass is 32.2. The average molecular weight is 257 g/mol. The summed E-state index contributed by atoms with van der Waals surface area (Å²) in [5.74, 6) is 2.01. The molecular formula is C14H27NOS. The van der Waals surface area contributed by atoms with Crippen LogP contribution in [-0.2, 0) is 0 Å². The summed E-state index contributed by atoms with van der Waals surface area (Å²) in [6.45, 7) is 7.79. The molecule has 0 radical (unpaired) electrons. The van der Waals surface area contributed by atoms with E-state index in [-0.39, 0.29) is 6.10 Å². The highest BCUT2D eigenvalue weighted by molar-refractivity contribution is 8.00. The molecule has 0 amide bonds. The van der Waals surface area contributed by atoms with Crippen molar-refractivity contribution in [3.63, 3.8) is 0 Å². The first-order chi connectivity index (χ1) is 8.05. The monoisotopic (exact) mass is 257 g/mol. The molecule has 1 aliphatic carbocycles. The molecule has 0 aromatic heterocycles. The summed E-state index contributed by atoms with van der Waals surface area (Å²) in [6, 6.07) is 0. The Morgan fingerprint density at radius 1 is 1.35 bits per heavy atom. The topological polar surface area (TPSA) is 23.5 Å². The first-order valence-corrected chi connectivity index (χ1v) is 8.08. The van der Waals surface area contributed by atoms with Crippen LogP contribution in [-0.4, -0.2) is 46.2 Å². The summed E-state index contributed by atoms with van der Waals surface area (Å²) in [5.41, 5.74) is 0. The Morgan fingerprint density at radius 3 is 2.71 bits per heavy atom. The summed E-state index contributed by atoms with van der Waals surface area (Å²) in [4.78, 5) is 2.45. The molecule has 0 spiro atoms. The Bertz CT molecular complexity index is 238. The van der Waals surface area contributed by atoms with Crippen LogP contribution < -0.4 is 0 Å². The minimum Gasteiger partial charge on any atom is -0.392 e. The zero-order chi connectivity index (χ0) is 12.3. The third-order valence-electron chi connectivity index (χ3n) is 4.05. The van der Waals surface area contributed by atoms with Gasteiger partial charge in [0.05, 0.1) is 6.10 Å². The van der Waals surface area contributed by atoms with E-state index in [1.807, 2.05) is 0 Å². The fraction of sp³-hybridized carbons (Fsp3) is 1.00. The maximum Gasteiger partial charge on any atom is 0.0669 e. The molecule has 17 heavy (non-hydrogen) atoms. The number of aliphatic hydroxyl groups is 1. The molecule has 2 rings (SSSR count). The smallest absolute Gasteiger partial charge is 0.0669 e. The summed E-state index contributed by atoms with van der Waals surface area (Å²) < 4.78 is 0.366. The lowest BCUT2D eigenvalue weighted by Gasteiger charge is -2.38. The van der Waals surface area contributed by atoms with Gasteiger partial charge in [-0.2, -0.15) is 11.8 Å². The lowest BCUT2D eigenvalue weighted by Crippen LogP contribution is -2.46. The van der Waals surface area contributed by atoms with Gasteiger partial charge < -0.3 is 5.11 Å². The van der Waals surface area contributed by atoms with E-state index in [1.54, 1.807) is 0 Å². The van der Waals surface area contributed by atoms with Crippen molar-refractivity contribution in [3.8, 4) is 0 Å². The maximum absolute atomic E-state index is 10.2. The number of hydrogen-bond acceptors (Lipinski definition) is 3. The van der Waals surface area contributed by atoms with Crippen LogP contribution in [0.4, 0.5) is 0 Å². The first-order valence-electron chi connectivity index (χ1n) is 7.09. The molecule has 2 nitrogen and oxygen atoms in total. The largest absolute Gasteiger partial charge is 0.392 e. The second-order valence-electron chi connectivity index (χ2n) is 6.38. The van der Waals surface area contributed by atoms with Crippen molar-refractivity contribution in [1.82, 2.24) is 4.90 Å². The molecule has 2 aliphatic rings. The molecule has 1 heterocycles. The molecule has 1 N–H and O–H groups in total. The standard InChI is InChI=1S/C14H27NOS/c1-14(2)11-15(7-8-17-14)10-13(16)9-12-5-3-4-6-12/h12-13,16H,3-11H2,1-2H3. The van der Waals surface area contributed by atoms with Crippen molar-refractivity contribution < 1.29 is 5.11 Å². The Balaban J connectivity index is 1.72. The molecule has 1 saturated heterocycles. The second kappa shape index (κ2) is 5.94. The number of hydrogen-bond donors (Lipinski definition) is 1. The summed E-state index contributed by atoms with van der Waals surface area (Å²) in [7, 11) is 0. The van der Waals surface area contributed by atoms with Gasteiger partial charge in [0.25, 0.3) is 0 Å². The highest BCUT2D eigenvalue weighted by Crippen LogP contribution is 2.31. The van der Waals surface area contributed by atoms with Crippen LogP contribution in [0.5, 0.6) is 0 Å². The highest BCUT2D eigenvalue weighted by Gasteiger charge is 2.28. The molecule has 1 aliphatic heterocycles. The van der Waals surface area contributed by atoms with Gasteiger partial charge in [-0.05, 0) is 26.2 Å². The van der Waals surface area contributed by atoms with Gasteiger partial charge in [0.1, 0.15) is 0 Å². The van der Waals surface area contributed by atoms with E-state index in [0.29, 0.717) is 4.75 Å². The number of aliphatic hydroxyl groups excluding tert-OH is 1. The van der Waals surface area contributed by atoms with Gasteiger partial charge >= 0.3 is 0 Å². The van der Waals surface area contributed by atoms with Crippen LogP contribution in [0.25, 0.3) is 0 Å². The summed E-state index contributed by atoms with van der Waals surface area (Å²) in [5, 5.41) is 10.2. The van der Waals surface area contributed by atoms with E-state index >= 15 is 0 Å². The molecule has 0 aromatic carbocycles. The minimum atomic E-state index is -0.100.